The van der Waals surface area contributed by atoms with Crippen molar-refractivity contribution < 1.29 is 19.1 Å². The summed E-state index contributed by atoms with van der Waals surface area (Å²) in [5, 5.41) is 3.43. The number of anilines is 1. The number of benzene rings is 2. The number of amides is 2. The molecule has 2 heterocycles. The first kappa shape index (κ1) is 22.0. The van der Waals surface area contributed by atoms with Crippen LogP contribution in [0.5, 0.6) is 11.5 Å². The molecule has 7 nitrogen and oxygen atoms in total. The van der Waals surface area contributed by atoms with Crippen molar-refractivity contribution in [3.8, 4) is 11.5 Å². The minimum Gasteiger partial charge on any atom is -0.490 e. The number of carbonyl (C=O) groups excluding carboxylic acids is 2. The van der Waals surface area contributed by atoms with Gasteiger partial charge in [0, 0.05) is 42.5 Å². The molecule has 1 fully saturated rings. The average molecular weight is 456 g/mol. The van der Waals surface area contributed by atoms with E-state index in [1.807, 2.05) is 49.4 Å². The summed E-state index contributed by atoms with van der Waals surface area (Å²) in [5.74, 6) is 0.899. The smallest absolute Gasteiger partial charge is 0.251 e. The van der Waals surface area contributed by atoms with Gasteiger partial charge in [-0.25, -0.2) is 0 Å². The first-order valence-corrected chi connectivity index (χ1v) is 11.1. The van der Waals surface area contributed by atoms with E-state index in [0.29, 0.717) is 41.8 Å². The third-order valence-corrected chi connectivity index (χ3v) is 5.74. The van der Waals surface area contributed by atoms with Crippen LogP contribution in [0.2, 0.25) is 5.02 Å². The summed E-state index contributed by atoms with van der Waals surface area (Å²) < 4.78 is 11.3. The molecule has 2 aliphatic heterocycles. The molecule has 0 saturated carbocycles. The van der Waals surface area contributed by atoms with E-state index < -0.39 is 0 Å². The normalized spacial score (nSPS) is 15.4. The number of nitrogens with zero attached hydrogens (tertiary/aromatic N) is 2. The minimum absolute atomic E-state index is 0.0425. The Bertz CT molecular complexity index is 1030. The molecule has 2 aromatic rings. The zero-order chi connectivity index (χ0) is 22.5. The maximum atomic E-state index is 12.6. The lowest BCUT2D eigenvalue weighted by molar-refractivity contribution is -0.132. The van der Waals surface area contributed by atoms with Gasteiger partial charge < -0.3 is 24.6 Å². The number of halogens is 1. The molecule has 0 aliphatic carbocycles. The molecule has 8 heteroatoms. The summed E-state index contributed by atoms with van der Waals surface area (Å²) in [6.45, 7) is 5.17. The molecule has 2 amide bonds. The summed E-state index contributed by atoms with van der Waals surface area (Å²) >= 11 is 6.08. The van der Waals surface area contributed by atoms with Gasteiger partial charge in [0.2, 0.25) is 5.91 Å². The highest BCUT2D eigenvalue weighted by Gasteiger charge is 2.24. The first-order valence-electron chi connectivity index (χ1n) is 10.7. The van der Waals surface area contributed by atoms with Crippen LogP contribution in [0.3, 0.4) is 0 Å². The molecule has 0 atom stereocenters. The Morgan fingerprint density at radius 3 is 2.66 bits per heavy atom. The lowest BCUT2D eigenvalue weighted by atomic mass is 10.1. The van der Waals surface area contributed by atoms with Gasteiger partial charge in [0.25, 0.3) is 5.91 Å². The number of hydrogen-bond acceptors (Lipinski definition) is 5. The van der Waals surface area contributed by atoms with Crippen molar-refractivity contribution in [2.75, 3.05) is 50.8 Å². The number of rotatable bonds is 6. The van der Waals surface area contributed by atoms with Gasteiger partial charge in [-0.15, -0.1) is 0 Å². The fourth-order valence-electron chi connectivity index (χ4n) is 3.85. The van der Waals surface area contributed by atoms with Crippen molar-refractivity contribution in [1.82, 2.24) is 10.2 Å². The van der Waals surface area contributed by atoms with Gasteiger partial charge >= 0.3 is 0 Å². The number of nitrogens with one attached hydrogen (secondary N) is 1. The van der Waals surface area contributed by atoms with Crippen LogP contribution >= 0.6 is 11.6 Å². The monoisotopic (exact) mass is 455 g/mol. The molecule has 0 spiro atoms. The molecule has 1 saturated heterocycles. The van der Waals surface area contributed by atoms with Crippen LogP contribution in [-0.4, -0.2) is 62.7 Å². The van der Waals surface area contributed by atoms with Gasteiger partial charge in [0.05, 0.1) is 18.7 Å². The Balaban J connectivity index is 1.29. The number of hydrogen-bond donors (Lipinski definition) is 1. The van der Waals surface area contributed by atoms with Gasteiger partial charge in [0.1, 0.15) is 6.61 Å². The second-order valence-electron chi connectivity index (χ2n) is 7.60. The largest absolute Gasteiger partial charge is 0.490 e. The molecule has 0 unspecified atom stereocenters. The van der Waals surface area contributed by atoms with Crippen molar-refractivity contribution in [3.63, 3.8) is 0 Å². The van der Waals surface area contributed by atoms with E-state index in [9.17, 15) is 9.59 Å². The minimum atomic E-state index is -0.302. The molecular formula is C24H26ClN3O4. The van der Waals surface area contributed by atoms with E-state index in [4.69, 9.17) is 21.1 Å². The SMILES string of the molecule is CCOc1cccc2c1OCC(C(=O)NCC(=O)N1CCN(c3cccc(Cl)c3)CC1)=C2. The maximum Gasteiger partial charge on any atom is 0.251 e. The fourth-order valence-corrected chi connectivity index (χ4v) is 4.03. The molecule has 0 radical (unpaired) electrons. The number of piperazine rings is 1. The molecule has 32 heavy (non-hydrogen) atoms. The van der Waals surface area contributed by atoms with Gasteiger partial charge in [-0.1, -0.05) is 29.8 Å². The van der Waals surface area contributed by atoms with E-state index in [1.54, 1.807) is 11.0 Å². The van der Waals surface area contributed by atoms with Crippen LogP contribution < -0.4 is 19.7 Å². The molecule has 1 N–H and O–H groups in total. The Labute approximate surface area is 192 Å². The Hall–Kier alpha value is -3.19. The highest BCUT2D eigenvalue weighted by atomic mass is 35.5. The number of para-hydroxylation sites is 1. The third kappa shape index (κ3) is 4.99. The zero-order valence-corrected chi connectivity index (χ0v) is 18.7. The van der Waals surface area contributed by atoms with Crippen LogP contribution in [0.25, 0.3) is 6.08 Å². The molecule has 4 rings (SSSR count). The van der Waals surface area contributed by atoms with Crippen LogP contribution in [0.1, 0.15) is 12.5 Å². The van der Waals surface area contributed by atoms with E-state index in [2.05, 4.69) is 10.2 Å². The van der Waals surface area contributed by atoms with Crippen LogP contribution in [-0.2, 0) is 9.59 Å². The van der Waals surface area contributed by atoms with Crippen molar-refractivity contribution in [3.05, 3.63) is 58.6 Å². The van der Waals surface area contributed by atoms with E-state index >= 15 is 0 Å². The summed E-state index contributed by atoms with van der Waals surface area (Å²) in [4.78, 5) is 29.2. The molecule has 2 aromatic carbocycles. The molecule has 168 valence electrons. The van der Waals surface area contributed by atoms with E-state index in [1.165, 1.54) is 0 Å². The van der Waals surface area contributed by atoms with Gasteiger partial charge in [-0.3, -0.25) is 9.59 Å². The second-order valence-corrected chi connectivity index (χ2v) is 8.03. The van der Waals surface area contributed by atoms with Gasteiger partial charge in [-0.05, 0) is 37.3 Å². The summed E-state index contributed by atoms with van der Waals surface area (Å²) in [6, 6.07) is 13.3. The van der Waals surface area contributed by atoms with Gasteiger partial charge in [-0.2, -0.15) is 0 Å². The van der Waals surface area contributed by atoms with Crippen LogP contribution in [0, 0.1) is 0 Å². The number of fused-ring (bicyclic) bond motifs is 1. The van der Waals surface area contributed by atoms with Crippen molar-refractivity contribution in [1.29, 1.82) is 0 Å². The Morgan fingerprint density at radius 2 is 1.91 bits per heavy atom. The summed E-state index contributed by atoms with van der Waals surface area (Å²) in [6.07, 6.45) is 1.78. The Morgan fingerprint density at radius 1 is 1.12 bits per heavy atom. The fraction of sp³-hybridized carbons (Fsp3) is 0.333. The highest BCUT2D eigenvalue weighted by Crippen LogP contribution is 2.35. The molecule has 2 aliphatic rings. The average Bonchev–Trinajstić information content (AvgIpc) is 2.82. The maximum absolute atomic E-state index is 12.6. The first-order chi connectivity index (χ1) is 15.5. The van der Waals surface area contributed by atoms with E-state index in [0.717, 1.165) is 24.3 Å². The Kier molecular flexibility index (Phi) is 6.85. The van der Waals surface area contributed by atoms with Crippen molar-refractivity contribution in [2.24, 2.45) is 0 Å². The number of ether oxygens (including phenoxy) is 2. The standard InChI is InChI=1S/C24H26ClN3O4/c1-2-31-21-8-3-5-17-13-18(16-32-23(17)21)24(30)26-15-22(29)28-11-9-27(10-12-28)20-7-4-6-19(25)14-20/h3-8,13-14H,2,9-12,15-16H2,1H3,(H,26,30). The second kappa shape index (κ2) is 9.96. The van der Waals surface area contributed by atoms with Crippen molar-refractivity contribution in [2.45, 2.75) is 6.92 Å². The predicted octanol–water partition coefficient (Wildman–Crippen LogP) is 2.98. The highest BCUT2D eigenvalue weighted by molar-refractivity contribution is 6.30. The van der Waals surface area contributed by atoms with E-state index in [-0.39, 0.29) is 25.0 Å². The van der Waals surface area contributed by atoms with Crippen LogP contribution in [0.4, 0.5) is 5.69 Å². The lowest BCUT2D eigenvalue weighted by Crippen LogP contribution is -2.51. The molecular weight excluding hydrogens is 430 g/mol. The lowest BCUT2D eigenvalue weighted by Gasteiger charge is -2.36. The van der Waals surface area contributed by atoms with Gasteiger partial charge in [0.15, 0.2) is 11.5 Å². The third-order valence-electron chi connectivity index (χ3n) is 5.51. The number of carbonyl (C=O) groups is 2. The quantitative estimate of drug-likeness (QED) is 0.725. The predicted molar refractivity (Wildman–Crippen MR) is 124 cm³/mol. The van der Waals surface area contributed by atoms with Crippen molar-refractivity contribution >= 4 is 35.2 Å². The molecule has 0 bridgehead atoms. The topological polar surface area (TPSA) is 71.1 Å². The summed E-state index contributed by atoms with van der Waals surface area (Å²) in [5.41, 5.74) is 2.32. The van der Waals surface area contributed by atoms with Crippen LogP contribution in [0.15, 0.2) is 48.0 Å². The zero-order valence-electron chi connectivity index (χ0n) is 18.0. The summed E-state index contributed by atoms with van der Waals surface area (Å²) in [7, 11) is 0. The molecule has 0 aromatic heterocycles.